The summed E-state index contributed by atoms with van der Waals surface area (Å²) in [5.41, 5.74) is 8.32. The van der Waals surface area contributed by atoms with Gasteiger partial charge in [0.25, 0.3) is 0 Å². The van der Waals surface area contributed by atoms with Crippen LogP contribution in [0, 0.1) is 11.8 Å². The number of benzene rings is 5. The molecule has 0 N–H and O–H groups in total. The highest BCUT2D eigenvalue weighted by Gasteiger charge is 2.54. The molecule has 0 bridgehead atoms. The number of ether oxygens (including phenoxy) is 4. The maximum absolute atomic E-state index is 7.99. The first kappa shape index (κ1) is 41.4. The SMILES string of the molecule is CCCOc1ccc(C2(c3ccc(OCCC)cc3)C=Cc3c4c(c5cc6c(cc5c3O2)SC(C2CCCCC2)(C2CCCCC2)O6)-c2ccccc2C42CCCCCCC2)cc1. The van der Waals surface area contributed by atoms with Crippen LogP contribution in [0.4, 0.5) is 0 Å². The fourth-order valence-electron chi connectivity index (χ4n) is 12.9. The van der Waals surface area contributed by atoms with E-state index in [1.807, 2.05) is 0 Å². The number of rotatable bonds is 10. The second-order valence-electron chi connectivity index (χ2n) is 19.7. The summed E-state index contributed by atoms with van der Waals surface area (Å²) in [6.07, 6.45) is 28.6. The van der Waals surface area contributed by atoms with E-state index in [0.717, 1.165) is 59.8 Å². The fourth-order valence-corrected chi connectivity index (χ4v) is 14.6. The van der Waals surface area contributed by atoms with Crippen LogP contribution < -0.4 is 18.9 Å². The largest absolute Gasteiger partial charge is 0.494 e. The molecule has 5 aromatic rings. The van der Waals surface area contributed by atoms with Gasteiger partial charge in [-0.3, -0.25) is 0 Å². The molecular weight excluding hydrogens is 793 g/mol. The molecule has 11 rings (SSSR count). The quantitative estimate of drug-likeness (QED) is 0.140. The Balaban J connectivity index is 1.14. The van der Waals surface area contributed by atoms with Crippen molar-refractivity contribution in [1.29, 1.82) is 0 Å². The van der Waals surface area contributed by atoms with Gasteiger partial charge >= 0.3 is 0 Å². The summed E-state index contributed by atoms with van der Waals surface area (Å²) in [5, 5.41) is 2.49. The van der Waals surface area contributed by atoms with Gasteiger partial charge in [-0.05, 0) is 121 Å². The molecule has 3 fully saturated rings. The third-order valence-corrected chi connectivity index (χ3v) is 17.5. The van der Waals surface area contributed by atoms with E-state index in [1.165, 1.54) is 140 Å². The molecule has 0 radical (unpaired) electrons. The Bertz CT molecular complexity index is 2390. The molecule has 2 heterocycles. The molecule has 3 saturated carbocycles. The molecule has 0 saturated heterocycles. The first-order valence-corrected chi connectivity index (χ1v) is 25.9. The van der Waals surface area contributed by atoms with Crippen molar-refractivity contribution in [3.63, 3.8) is 0 Å². The minimum atomic E-state index is -0.878. The predicted molar refractivity (Wildman–Crippen MR) is 260 cm³/mol. The average Bonchev–Trinajstić information content (AvgIpc) is 3.86. The van der Waals surface area contributed by atoms with Gasteiger partial charge in [-0.2, -0.15) is 0 Å². The molecule has 2 aliphatic heterocycles. The molecule has 0 amide bonds. The van der Waals surface area contributed by atoms with E-state index in [9.17, 15) is 0 Å². The molecule has 4 aliphatic carbocycles. The van der Waals surface area contributed by atoms with Gasteiger partial charge < -0.3 is 18.9 Å². The van der Waals surface area contributed by atoms with Crippen molar-refractivity contribution < 1.29 is 18.9 Å². The molecule has 6 aliphatic rings. The normalized spacial score (nSPS) is 21.0. The standard InChI is InChI=1S/C58H66O4S/c1-3-36-59-44-28-24-40(25-29-44)57(41-26-30-45(31-27-41)60-37-4-2)35-32-47-54-53(46-22-14-15-23-50(46)56(54)33-16-6-5-7-17-34-56)48-38-51-52(39-49(48)55(47)62-57)63-58(61-51,42-18-10-8-11-19-42)43-20-12-9-13-21-43/h14-15,22-32,35,38-39,42-43H,3-13,16-21,33-34,36-37H2,1-2H3. The lowest BCUT2D eigenvalue weighted by Crippen LogP contribution is -2.47. The summed E-state index contributed by atoms with van der Waals surface area (Å²) in [6.45, 7) is 5.70. The molecule has 0 atom stereocenters. The Kier molecular flexibility index (Phi) is 11.3. The summed E-state index contributed by atoms with van der Waals surface area (Å²) in [5.74, 6) is 5.04. The Hall–Kier alpha value is -4.35. The molecule has 63 heavy (non-hydrogen) atoms. The first-order chi connectivity index (χ1) is 31.1. The minimum Gasteiger partial charge on any atom is -0.494 e. The van der Waals surface area contributed by atoms with Crippen LogP contribution in [-0.4, -0.2) is 18.1 Å². The van der Waals surface area contributed by atoms with Gasteiger partial charge in [0.05, 0.1) is 18.1 Å². The van der Waals surface area contributed by atoms with E-state index in [0.29, 0.717) is 25.0 Å². The van der Waals surface area contributed by atoms with E-state index >= 15 is 0 Å². The summed E-state index contributed by atoms with van der Waals surface area (Å²) < 4.78 is 27.9. The van der Waals surface area contributed by atoms with E-state index in [-0.39, 0.29) is 10.3 Å². The van der Waals surface area contributed by atoms with Gasteiger partial charge in [-0.15, -0.1) is 0 Å². The lowest BCUT2D eigenvalue weighted by atomic mass is 9.67. The summed E-state index contributed by atoms with van der Waals surface area (Å²) in [4.78, 5) is 1.10. The van der Waals surface area contributed by atoms with Crippen molar-refractivity contribution in [3.8, 4) is 34.1 Å². The van der Waals surface area contributed by atoms with Crippen LogP contribution in [0.2, 0.25) is 0 Å². The highest BCUT2D eigenvalue weighted by atomic mass is 32.2. The van der Waals surface area contributed by atoms with Gasteiger partial charge in [-0.1, -0.05) is 151 Å². The molecule has 0 unspecified atom stereocenters. The number of hydrogen-bond donors (Lipinski definition) is 0. The maximum Gasteiger partial charge on any atom is 0.178 e. The second-order valence-corrected chi connectivity index (χ2v) is 21.0. The van der Waals surface area contributed by atoms with Crippen molar-refractivity contribution >= 4 is 28.6 Å². The van der Waals surface area contributed by atoms with Crippen molar-refractivity contribution in [2.75, 3.05) is 13.2 Å². The van der Waals surface area contributed by atoms with E-state index in [2.05, 4.69) is 123 Å². The van der Waals surface area contributed by atoms with E-state index in [4.69, 9.17) is 18.9 Å². The smallest absolute Gasteiger partial charge is 0.178 e. The summed E-state index contributed by atoms with van der Waals surface area (Å²) in [6, 6.07) is 31.8. The van der Waals surface area contributed by atoms with E-state index in [1.54, 1.807) is 0 Å². The summed E-state index contributed by atoms with van der Waals surface area (Å²) >= 11 is 2.09. The second kappa shape index (κ2) is 17.2. The molecule has 5 heteroatoms. The number of fused-ring (bicyclic) bond motifs is 11. The molecular formula is C58H66O4S. The van der Waals surface area contributed by atoms with Crippen LogP contribution in [0.3, 0.4) is 0 Å². The Morgan fingerprint density at radius 3 is 1.79 bits per heavy atom. The van der Waals surface area contributed by atoms with Gasteiger partial charge in [0, 0.05) is 39.3 Å². The van der Waals surface area contributed by atoms with E-state index < -0.39 is 5.60 Å². The Labute approximate surface area is 380 Å². The van der Waals surface area contributed by atoms with Crippen LogP contribution in [0.25, 0.3) is 28.0 Å². The molecule has 0 aromatic heterocycles. The lowest BCUT2D eigenvalue weighted by molar-refractivity contribution is 0.0132. The van der Waals surface area contributed by atoms with Crippen molar-refractivity contribution in [2.45, 2.75) is 157 Å². The Morgan fingerprint density at radius 1 is 0.619 bits per heavy atom. The maximum atomic E-state index is 7.99. The third kappa shape index (κ3) is 7.00. The highest BCUT2D eigenvalue weighted by molar-refractivity contribution is 8.01. The van der Waals surface area contributed by atoms with Gasteiger partial charge in [0.2, 0.25) is 0 Å². The van der Waals surface area contributed by atoms with Gasteiger partial charge in [0.15, 0.2) is 10.5 Å². The minimum absolute atomic E-state index is 0.0720. The van der Waals surface area contributed by atoms with Gasteiger partial charge in [0.1, 0.15) is 23.0 Å². The average molecular weight is 859 g/mol. The van der Waals surface area contributed by atoms with Gasteiger partial charge in [-0.25, -0.2) is 0 Å². The topological polar surface area (TPSA) is 36.9 Å². The number of thioether (sulfide) groups is 1. The lowest BCUT2D eigenvalue weighted by Gasteiger charge is -2.45. The molecule has 5 aromatic carbocycles. The molecule has 1 spiro atoms. The zero-order valence-electron chi connectivity index (χ0n) is 37.8. The zero-order valence-corrected chi connectivity index (χ0v) is 38.6. The summed E-state index contributed by atoms with van der Waals surface area (Å²) in [7, 11) is 0. The number of hydrogen-bond acceptors (Lipinski definition) is 5. The third-order valence-electron chi connectivity index (χ3n) is 15.9. The van der Waals surface area contributed by atoms with Crippen molar-refractivity contribution in [3.05, 3.63) is 119 Å². The van der Waals surface area contributed by atoms with Crippen LogP contribution >= 0.6 is 11.8 Å². The highest BCUT2D eigenvalue weighted by Crippen LogP contribution is 2.65. The molecule has 4 nitrogen and oxygen atoms in total. The van der Waals surface area contributed by atoms with Crippen LogP contribution in [0.15, 0.2) is 95.9 Å². The Morgan fingerprint density at radius 2 is 1.19 bits per heavy atom. The monoisotopic (exact) mass is 858 g/mol. The molecule has 328 valence electrons. The van der Waals surface area contributed by atoms with Crippen molar-refractivity contribution in [1.82, 2.24) is 0 Å². The van der Waals surface area contributed by atoms with Crippen LogP contribution in [0.1, 0.15) is 164 Å². The first-order valence-electron chi connectivity index (χ1n) is 25.1. The predicted octanol–water partition coefficient (Wildman–Crippen LogP) is 16.1. The van der Waals surface area contributed by atoms with Crippen LogP contribution in [0.5, 0.6) is 23.0 Å². The van der Waals surface area contributed by atoms with Crippen molar-refractivity contribution in [2.24, 2.45) is 11.8 Å². The van der Waals surface area contributed by atoms with Crippen LogP contribution in [-0.2, 0) is 11.0 Å². The fraction of sp³-hybridized carbons (Fsp3) is 0.483. The zero-order chi connectivity index (χ0) is 42.4.